The lowest BCUT2D eigenvalue weighted by atomic mass is 10.2. The molecule has 1 aromatic carbocycles. The van der Waals surface area contributed by atoms with Gasteiger partial charge in [-0.05, 0) is 30.7 Å². The van der Waals surface area contributed by atoms with Gasteiger partial charge in [0.2, 0.25) is 5.91 Å². The molecule has 0 heterocycles. The molecule has 0 saturated heterocycles. The van der Waals surface area contributed by atoms with E-state index in [0.717, 1.165) is 19.3 Å². The van der Waals surface area contributed by atoms with Crippen molar-refractivity contribution in [1.82, 2.24) is 10.9 Å². The number of unbranched alkanes of at least 4 members (excludes halogenated alkanes) is 2. The quantitative estimate of drug-likeness (QED) is 0.590. The Kier molecular flexibility index (Phi) is 7.36. The number of hydrazine groups is 1. The van der Waals surface area contributed by atoms with E-state index in [0.29, 0.717) is 17.7 Å². The minimum atomic E-state index is -0.441. The maximum atomic E-state index is 11.5. The summed E-state index contributed by atoms with van der Waals surface area (Å²) >= 11 is 0. The van der Waals surface area contributed by atoms with Crippen LogP contribution in [0.1, 0.15) is 38.2 Å². The van der Waals surface area contributed by atoms with E-state index < -0.39 is 5.91 Å². The number of ether oxygens (including phenoxy) is 1. The molecule has 2 N–H and O–H groups in total. The average Bonchev–Trinajstić information content (AvgIpc) is 2.51. The molecule has 0 aromatic heterocycles. The van der Waals surface area contributed by atoms with Gasteiger partial charge < -0.3 is 4.74 Å². The van der Waals surface area contributed by atoms with Crippen molar-refractivity contribution in [3.05, 3.63) is 29.8 Å². The van der Waals surface area contributed by atoms with E-state index in [1.807, 2.05) is 6.07 Å². The summed E-state index contributed by atoms with van der Waals surface area (Å²) in [4.78, 5) is 22.8. The van der Waals surface area contributed by atoms with Crippen LogP contribution in [0.5, 0.6) is 5.75 Å². The maximum Gasteiger partial charge on any atom is 0.276 e. The Labute approximate surface area is 124 Å². The first kappa shape index (κ1) is 16.5. The van der Waals surface area contributed by atoms with Gasteiger partial charge >= 0.3 is 0 Å². The molecule has 0 radical (unpaired) electrons. The smallest absolute Gasteiger partial charge is 0.276 e. The summed E-state index contributed by atoms with van der Waals surface area (Å²) in [6.07, 6.45) is 3.23. The summed E-state index contributed by atoms with van der Waals surface area (Å²) in [5.41, 5.74) is 5.14. The molecule has 0 aliphatic heterocycles. The molecule has 112 valence electrons. The normalized spacial score (nSPS) is 9.52. The molecule has 21 heavy (non-hydrogen) atoms. The Morgan fingerprint density at radius 3 is 2.43 bits per heavy atom. The molecule has 1 rings (SSSR count). The first-order chi connectivity index (χ1) is 10.2. The summed E-state index contributed by atoms with van der Waals surface area (Å²) in [6.45, 7) is 1.85. The van der Waals surface area contributed by atoms with Crippen molar-refractivity contribution >= 4 is 11.8 Å². The van der Waals surface area contributed by atoms with Crippen molar-refractivity contribution in [1.29, 1.82) is 5.26 Å². The van der Waals surface area contributed by atoms with E-state index in [4.69, 9.17) is 10.00 Å². The highest BCUT2D eigenvalue weighted by atomic mass is 16.5. The van der Waals surface area contributed by atoms with Crippen molar-refractivity contribution in [3.63, 3.8) is 0 Å². The number of hydrogen-bond donors (Lipinski definition) is 2. The van der Waals surface area contributed by atoms with E-state index in [2.05, 4.69) is 17.8 Å². The summed E-state index contributed by atoms with van der Waals surface area (Å²) in [7, 11) is 0. The molecule has 0 unspecified atom stereocenters. The van der Waals surface area contributed by atoms with Crippen LogP contribution in [0.3, 0.4) is 0 Å². The van der Waals surface area contributed by atoms with Gasteiger partial charge in [-0.1, -0.05) is 19.8 Å². The lowest BCUT2D eigenvalue weighted by Gasteiger charge is -2.08. The zero-order chi connectivity index (χ0) is 15.5. The Morgan fingerprint density at radius 2 is 1.81 bits per heavy atom. The fourth-order valence-electron chi connectivity index (χ4n) is 1.55. The van der Waals surface area contributed by atoms with Gasteiger partial charge in [-0.15, -0.1) is 0 Å². The van der Waals surface area contributed by atoms with Crippen LogP contribution >= 0.6 is 0 Å². The van der Waals surface area contributed by atoms with Gasteiger partial charge in [0, 0.05) is 6.42 Å². The predicted molar refractivity (Wildman–Crippen MR) is 77.1 cm³/mol. The van der Waals surface area contributed by atoms with Gasteiger partial charge in [-0.25, -0.2) is 0 Å². The van der Waals surface area contributed by atoms with Gasteiger partial charge in [0.15, 0.2) is 6.61 Å². The van der Waals surface area contributed by atoms with Crippen LogP contribution in [-0.2, 0) is 9.59 Å². The van der Waals surface area contributed by atoms with E-state index in [1.165, 1.54) is 0 Å². The second kappa shape index (κ2) is 9.37. The fraction of sp³-hybridized carbons (Fsp3) is 0.400. The van der Waals surface area contributed by atoms with Crippen molar-refractivity contribution in [2.45, 2.75) is 32.6 Å². The van der Waals surface area contributed by atoms with E-state index >= 15 is 0 Å². The van der Waals surface area contributed by atoms with Crippen LogP contribution in [0.2, 0.25) is 0 Å². The van der Waals surface area contributed by atoms with Gasteiger partial charge in [0.05, 0.1) is 11.6 Å². The SMILES string of the molecule is CCCCCC(=O)NNC(=O)COc1ccc(C#N)cc1. The van der Waals surface area contributed by atoms with Crippen LogP contribution in [0.4, 0.5) is 0 Å². The molecule has 6 nitrogen and oxygen atoms in total. The number of hydrogen-bond acceptors (Lipinski definition) is 4. The Balaban J connectivity index is 2.21. The van der Waals surface area contributed by atoms with Gasteiger partial charge in [-0.2, -0.15) is 5.26 Å². The van der Waals surface area contributed by atoms with Crippen molar-refractivity contribution < 1.29 is 14.3 Å². The number of amides is 2. The minimum absolute atomic E-state index is 0.207. The van der Waals surface area contributed by atoms with Crippen LogP contribution in [0.15, 0.2) is 24.3 Å². The number of nitrogens with one attached hydrogen (secondary N) is 2. The summed E-state index contributed by atoms with van der Waals surface area (Å²) in [6, 6.07) is 8.40. The number of nitrogens with zero attached hydrogens (tertiary/aromatic N) is 1. The van der Waals surface area contributed by atoms with Crippen LogP contribution < -0.4 is 15.6 Å². The fourth-order valence-corrected chi connectivity index (χ4v) is 1.55. The monoisotopic (exact) mass is 289 g/mol. The molecule has 0 bridgehead atoms. The standard InChI is InChI=1S/C15H19N3O3/c1-2-3-4-5-14(19)17-18-15(20)11-21-13-8-6-12(10-16)7-9-13/h6-9H,2-5,11H2,1H3,(H,17,19)(H,18,20). The molecule has 0 aliphatic rings. The van der Waals surface area contributed by atoms with Gasteiger partial charge in [0.1, 0.15) is 5.75 Å². The molecular formula is C15H19N3O3. The molecule has 0 fully saturated rings. The Morgan fingerprint density at radius 1 is 1.14 bits per heavy atom. The number of nitriles is 1. The topological polar surface area (TPSA) is 91.2 Å². The third-order valence-corrected chi connectivity index (χ3v) is 2.70. The second-order valence-corrected chi connectivity index (χ2v) is 4.48. The van der Waals surface area contributed by atoms with Crippen LogP contribution in [0.25, 0.3) is 0 Å². The highest BCUT2D eigenvalue weighted by molar-refractivity contribution is 5.82. The molecule has 0 atom stereocenters. The van der Waals surface area contributed by atoms with Gasteiger partial charge in [0.25, 0.3) is 5.91 Å². The third-order valence-electron chi connectivity index (χ3n) is 2.70. The largest absolute Gasteiger partial charge is 0.484 e. The molecular weight excluding hydrogens is 270 g/mol. The van der Waals surface area contributed by atoms with Crippen molar-refractivity contribution in [3.8, 4) is 11.8 Å². The number of carbonyl (C=O) groups excluding carboxylic acids is 2. The molecule has 0 spiro atoms. The Hall–Kier alpha value is -2.55. The predicted octanol–water partition coefficient (Wildman–Crippen LogP) is 1.66. The average molecular weight is 289 g/mol. The molecule has 0 saturated carbocycles. The summed E-state index contributed by atoms with van der Waals surface area (Å²) in [5.74, 6) is -0.170. The maximum absolute atomic E-state index is 11.5. The highest BCUT2D eigenvalue weighted by Gasteiger charge is 2.05. The van der Waals surface area contributed by atoms with Crippen LogP contribution in [-0.4, -0.2) is 18.4 Å². The highest BCUT2D eigenvalue weighted by Crippen LogP contribution is 2.11. The van der Waals surface area contributed by atoms with E-state index in [9.17, 15) is 9.59 Å². The molecule has 1 aromatic rings. The summed E-state index contributed by atoms with van der Waals surface area (Å²) < 4.78 is 5.23. The third kappa shape index (κ3) is 6.97. The second-order valence-electron chi connectivity index (χ2n) is 4.48. The van der Waals surface area contributed by atoms with E-state index in [1.54, 1.807) is 24.3 Å². The molecule has 0 aliphatic carbocycles. The number of rotatable bonds is 7. The lowest BCUT2D eigenvalue weighted by Crippen LogP contribution is -2.43. The Bertz CT molecular complexity index is 506. The zero-order valence-corrected chi connectivity index (χ0v) is 12.0. The lowest BCUT2D eigenvalue weighted by molar-refractivity contribution is -0.130. The first-order valence-electron chi connectivity index (χ1n) is 6.86. The molecule has 2 amide bonds. The minimum Gasteiger partial charge on any atom is -0.484 e. The molecule has 6 heteroatoms. The first-order valence-corrected chi connectivity index (χ1v) is 6.86. The van der Waals surface area contributed by atoms with E-state index in [-0.39, 0.29) is 12.5 Å². The zero-order valence-electron chi connectivity index (χ0n) is 12.0. The van der Waals surface area contributed by atoms with Crippen LogP contribution in [0, 0.1) is 11.3 Å². The van der Waals surface area contributed by atoms with Crippen molar-refractivity contribution in [2.24, 2.45) is 0 Å². The number of benzene rings is 1. The number of carbonyl (C=O) groups is 2. The van der Waals surface area contributed by atoms with Crippen molar-refractivity contribution in [2.75, 3.05) is 6.61 Å². The van der Waals surface area contributed by atoms with Gasteiger partial charge in [-0.3, -0.25) is 20.4 Å². The summed E-state index contributed by atoms with van der Waals surface area (Å²) in [5, 5.41) is 8.65.